The Morgan fingerprint density at radius 3 is 2.62 bits per heavy atom. The Kier molecular flexibility index (Phi) is 6.81. The van der Waals surface area contributed by atoms with E-state index in [0.717, 1.165) is 0 Å². The highest BCUT2D eigenvalue weighted by Crippen LogP contribution is 2.38. The lowest BCUT2D eigenvalue weighted by atomic mass is 10.1. The van der Waals surface area contributed by atoms with Gasteiger partial charge in [0.15, 0.2) is 17.5 Å². The van der Waals surface area contributed by atoms with Crippen LogP contribution in [0.15, 0.2) is 17.1 Å². The van der Waals surface area contributed by atoms with E-state index in [2.05, 4.69) is 20.4 Å². The van der Waals surface area contributed by atoms with Gasteiger partial charge in [-0.1, -0.05) is 0 Å². The quantitative estimate of drug-likeness (QED) is 0.552. The average molecular weight is 372 g/mol. The van der Waals surface area contributed by atoms with Crippen molar-refractivity contribution in [3.05, 3.63) is 17.7 Å². The van der Waals surface area contributed by atoms with E-state index in [1.54, 1.807) is 27.2 Å². The van der Waals surface area contributed by atoms with Gasteiger partial charge in [-0.05, 0) is 6.07 Å². The first-order valence-electron chi connectivity index (χ1n) is 7.92. The predicted octanol–water partition coefficient (Wildman–Crippen LogP) is 1.16. The summed E-state index contributed by atoms with van der Waals surface area (Å²) in [6, 6.07) is 2.95. The molecule has 0 aliphatic carbocycles. The largest absolute Gasteiger partial charge is 0.454 e. The topological polar surface area (TPSA) is 84.4 Å². The molecule has 2 N–H and O–H groups in total. The SMILES string of the molecule is CN=C(NCCC(=O)N(C)C)NCc1cc2c(cc1OC(F)F)OCO2. The average Bonchev–Trinajstić information content (AvgIpc) is 3.04. The van der Waals surface area contributed by atoms with Crippen molar-refractivity contribution in [1.82, 2.24) is 15.5 Å². The summed E-state index contributed by atoms with van der Waals surface area (Å²) >= 11 is 0. The molecule has 10 heteroatoms. The van der Waals surface area contributed by atoms with E-state index in [4.69, 9.17) is 9.47 Å². The van der Waals surface area contributed by atoms with Crippen LogP contribution in [0, 0.1) is 0 Å². The molecule has 1 amide bonds. The van der Waals surface area contributed by atoms with Crippen LogP contribution in [0.5, 0.6) is 17.2 Å². The highest BCUT2D eigenvalue weighted by atomic mass is 19.3. The van der Waals surface area contributed by atoms with Crippen LogP contribution >= 0.6 is 0 Å². The molecule has 0 saturated heterocycles. The number of nitrogens with zero attached hydrogens (tertiary/aromatic N) is 2. The lowest BCUT2D eigenvalue weighted by Gasteiger charge is -2.16. The van der Waals surface area contributed by atoms with Crippen molar-refractivity contribution in [3.8, 4) is 17.2 Å². The van der Waals surface area contributed by atoms with Crippen LogP contribution < -0.4 is 24.8 Å². The maximum Gasteiger partial charge on any atom is 0.387 e. The second kappa shape index (κ2) is 9.07. The fraction of sp³-hybridized carbons (Fsp3) is 0.500. The predicted molar refractivity (Wildman–Crippen MR) is 90.7 cm³/mol. The Hall–Kier alpha value is -2.78. The molecule has 1 aliphatic heterocycles. The minimum absolute atomic E-state index is 0.00464. The van der Waals surface area contributed by atoms with Gasteiger partial charge >= 0.3 is 6.61 Å². The van der Waals surface area contributed by atoms with Crippen molar-refractivity contribution in [2.75, 3.05) is 34.5 Å². The fourth-order valence-corrected chi connectivity index (χ4v) is 2.22. The molecular formula is C16H22F2N4O4. The van der Waals surface area contributed by atoms with Crippen LogP contribution in [0.25, 0.3) is 0 Å². The number of carbonyl (C=O) groups excluding carboxylic acids is 1. The van der Waals surface area contributed by atoms with Crippen LogP contribution in [-0.2, 0) is 11.3 Å². The third-order valence-corrected chi connectivity index (χ3v) is 3.57. The summed E-state index contributed by atoms with van der Waals surface area (Å²) in [7, 11) is 4.93. The lowest BCUT2D eigenvalue weighted by Crippen LogP contribution is -2.38. The van der Waals surface area contributed by atoms with Gasteiger partial charge in [0.25, 0.3) is 0 Å². The number of hydrogen-bond donors (Lipinski definition) is 2. The molecule has 0 aromatic heterocycles. The Morgan fingerprint density at radius 2 is 2.00 bits per heavy atom. The molecule has 0 saturated carbocycles. The molecule has 1 aliphatic rings. The number of guanidine groups is 1. The summed E-state index contributed by atoms with van der Waals surface area (Å²) in [6.07, 6.45) is 0.303. The maximum atomic E-state index is 12.6. The zero-order valence-corrected chi connectivity index (χ0v) is 14.8. The summed E-state index contributed by atoms with van der Waals surface area (Å²) in [5, 5.41) is 5.97. The van der Waals surface area contributed by atoms with Gasteiger partial charge in [0.2, 0.25) is 12.7 Å². The van der Waals surface area contributed by atoms with Crippen LogP contribution in [0.4, 0.5) is 8.78 Å². The third kappa shape index (κ3) is 5.36. The Bertz CT molecular complexity index is 668. The van der Waals surface area contributed by atoms with Crippen LogP contribution in [0.1, 0.15) is 12.0 Å². The molecule has 144 valence electrons. The van der Waals surface area contributed by atoms with Crippen molar-refractivity contribution in [2.24, 2.45) is 4.99 Å². The van der Waals surface area contributed by atoms with E-state index in [9.17, 15) is 13.6 Å². The van der Waals surface area contributed by atoms with Gasteiger partial charge in [-0.25, -0.2) is 0 Å². The second-order valence-electron chi connectivity index (χ2n) is 5.58. The summed E-state index contributed by atoms with van der Waals surface area (Å²) in [5.41, 5.74) is 0.460. The van der Waals surface area contributed by atoms with E-state index in [1.807, 2.05) is 0 Å². The number of nitrogens with one attached hydrogen (secondary N) is 2. The van der Waals surface area contributed by atoms with Crippen molar-refractivity contribution >= 4 is 11.9 Å². The number of amides is 1. The van der Waals surface area contributed by atoms with E-state index in [1.165, 1.54) is 11.0 Å². The third-order valence-electron chi connectivity index (χ3n) is 3.57. The number of rotatable bonds is 7. The highest BCUT2D eigenvalue weighted by molar-refractivity contribution is 5.81. The molecule has 0 fully saturated rings. The number of ether oxygens (including phenoxy) is 3. The second-order valence-corrected chi connectivity index (χ2v) is 5.58. The van der Waals surface area contributed by atoms with E-state index in [-0.39, 0.29) is 25.0 Å². The molecule has 26 heavy (non-hydrogen) atoms. The summed E-state index contributed by atoms with van der Waals surface area (Å²) in [4.78, 5) is 17.1. The van der Waals surface area contributed by atoms with E-state index in [0.29, 0.717) is 36.0 Å². The number of alkyl halides is 2. The number of fused-ring (bicyclic) bond motifs is 1. The van der Waals surface area contributed by atoms with Gasteiger partial charge in [0.1, 0.15) is 5.75 Å². The number of aliphatic imine (C=N–C) groups is 1. The van der Waals surface area contributed by atoms with Crippen molar-refractivity contribution in [3.63, 3.8) is 0 Å². The minimum Gasteiger partial charge on any atom is -0.454 e. The van der Waals surface area contributed by atoms with Gasteiger partial charge in [0.05, 0.1) is 0 Å². The van der Waals surface area contributed by atoms with Crippen LogP contribution in [-0.4, -0.2) is 57.9 Å². The molecule has 1 aromatic rings. The van der Waals surface area contributed by atoms with Gasteiger partial charge < -0.3 is 29.7 Å². The minimum atomic E-state index is -2.95. The van der Waals surface area contributed by atoms with Gasteiger partial charge in [-0.15, -0.1) is 0 Å². The number of benzene rings is 1. The molecule has 0 atom stereocenters. The molecule has 1 heterocycles. The number of halogens is 2. The van der Waals surface area contributed by atoms with Crippen molar-refractivity contribution < 1.29 is 27.8 Å². The summed E-state index contributed by atoms with van der Waals surface area (Å²) in [5.74, 6) is 1.22. The number of hydrogen-bond acceptors (Lipinski definition) is 5. The van der Waals surface area contributed by atoms with Gasteiger partial charge in [0, 0.05) is 52.3 Å². The molecule has 1 aromatic carbocycles. The monoisotopic (exact) mass is 372 g/mol. The van der Waals surface area contributed by atoms with Crippen LogP contribution in [0.3, 0.4) is 0 Å². The highest BCUT2D eigenvalue weighted by Gasteiger charge is 2.20. The normalized spacial score (nSPS) is 12.9. The standard InChI is InChI=1S/C16H22F2N4O4/c1-19-16(20-5-4-14(23)22(2)3)21-8-10-6-12-13(25-9-24-12)7-11(10)26-15(17)18/h6-7,15H,4-5,8-9H2,1-3H3,(H2,19,20,21). The summed E-state index contributed by atoms with van der Waals surface area (Å²) in [6.45, 7) is -2.37. The van der Waals surface area contributed by atoms with E-state index >= 15 is 0 Å². The molecule has 0 bridgehead atoms. The molecule has 0 radical (unpaired) electrons. The fourth-order valence-electron chi connectivity index (χ4n) is 2.22. The summed E-state index contributed by atoms with van der Waals surface area (Å²) < 4.78 is 40.3. The van der Waals surface area contributed by atoms with Crippen molar-refractivity contribution in [2.45, 2.75) is 19.6 Å². The van der Waals surface area contributed by atoms with Gasteiger partial charge in [-0.2, -0.15) is 8.78 Å². The first-order valence-corrected chi connectivity index (χ1v) is 7.92. The Labute approximate surface area is 150 Å². The Balaban J connectivity index is 1.97. The maximum absolute atomic E-state index is 12.6. The molecule has 8 nitrogen and oxygen atoms in total. The zero-order valence-electron chi connectivity index (χ0n) is 14.8. The van der Waals surface area contributed by atoms with Crippen LogP contribution in [0.2, 0.25) is 0 Å². The molecular weight excluding hydrogens is 350 g/mol. The van der Waals surface area contributed by atoms with Crippen molar-refractivity contribution in [1.29, 1.82) is 0 Å². The van der Waals surface area contributed by atoms with Gasteiger partial charge in [-0.3, -0.25) is 9.79 Å². The Morgan fingerprint density at radius 1 is 1.31 bits per heavy atom. The first-order chi connectivity index (χ1) is 12.4. The van der Waals surface area contributed by atoms with E-state index < -0.39 is 6.61 Å². The smallest absolute Gasteiger partial charge is 0.387 e. The molecule has 2 rings (SSSR count). The molecule has 0 spiro atoms. The zero-order chi connectivity index (χ0) is 19.1. The first kappa shape index (κ1) is 19.5. The lowest BCUT2D eigenvalue weighted by molar-refractivity contribution is -0.128. The molecule has 0 unspecified atom stereocenters. The number of carbonyl (C=O) groups is 1.